The van der Waals surface area contributed by atoms with E-state index >= 15 is 0 Å². The van der Waals surface area contributed by atoms with Crippen LogP contribution in [0.4, 0.5) is 0 Å². The van der Waals surface area contributed by atoms with E-state index in [4.69, 9.17) is 48.7 Å². The molecule has 0 bridgehead atoms. The van der Waals surface area contributed by atoms with Crippen LogP contribution in [0.2, 0.25) is 19.6 Å². The molecule has 0 aromatic carbocycles. The highest BCUT2D eigenvalue weighted by Gasteiger charge is 2.12. The van der Waals surface area contributed by atoms with Gasteiger partial charge in [0.05, 0.1) is 106 Å². The van der Waals surface area contributed by atoms with Crippen molar-refractivity contribution in [3.8, 4) is 12.3 Å². The highest BCUT2D eigenvalue weighted by molar-refractivity contribution is 6.69. The Bertz CT molecular complexity index is 413. The Morgan fingerprint density at radius 1 is 0.438 bits per heavy atom. The summed E-state index contributed by atoms with van der Waals surface area (Å²) in [7, 11) is -1.44. The molecule has 0 spiro atoms. The molecule has 0 N–H and O–H groups in total. The highest BCUT2D eigenvalue weighted by Crippen LogP contribution is 2.01. The largest absolute Gasteiger partial charge is 0.415 e. The van der Waals surface area contributed by atoms with Crippen LogP contribution < -0.4 is 0 Å². The minimum atomic E-state index is -1.44. The summed E-state index contributed by atoms with van der Waals surface area (Å²) in [6.07, 6.45) is 5.06. The van der Waals surface area contributed by atoms with Gasteiger partial charge < -0.3 is 42.3 Å². The van der Waals surface area contributed by atoms with Gasteiger partial charge in [0.2, 0.25) is 0 Å². The molecule has 0 aromatic rings. The predicted molar refractivity (Wildman–Crippen MR) is 125 cm³/mol. The van der Waals surface area contributed by atoms with Crippen LogP contribution in [-0.4, -0.2) is 121 Å². The van der Waals surface area contributed by atoms with Gasteiger partial charge in [-0.05, 0) is 19.6 Å². The number of hydrogen-bond donors (Lipinski definition) is 0. The summed E-state index contributed by atoms with van der Waals surface area (Å²) in [6, 6.07) is 0. The van der Waals surface area contributed by atoms with Gasteiger partial charge in [-0.2, -0.15) is 0 Å². The second-order valence-electron chi connectivity index (χ2n) is 7.50. The molecule has 32 heavy (non-hydrogen) atoms. The van der Waals surface area contributed by atoms with E-state index < -0.39 is 8.32 Å². The second-order valence-corrected chi connectivity index (χ2v) is 12.0. The summed E-state index contributed by atoms with van der Waals surface area (Å²) in [5.74, 6) is 2.40. The standard InChI is InChI=1S/C22H44O9Si/c1-5-6-23-7-8-24-9-10-25-11-12-26-13-14-27-15-16-28-17-18-29-19-20-30-21-22-31-32(2,3)4/h1H,6-22H2,2-4H3. The lowest BCUT2D eigenvalue weighted by atomic mass is 10.6. The van der Waals surface area contributed by atoms with Crippen molar-refractivity contribution in [1.82, 2.24) is 0 Å². The molecular formula is C22H44O9Si. The van der Waals surface area contributed by atoms with Crippen molar-refractivity contribution in [3.05, 3.63) is 0 Å². The van der Waals surface area contributed by atoms with Gasteiger partial charge in [-0.1, -0.05) is 5.92 Å². The van der Waals surface area contributed by atoms with Gasteiger partial charge in [0.15, 0.2) is 8.32 Å². The summed E-state index contributed by atoms with van der Waals surface area (Å²) in [5, 5.41) is 0. The van der Waals surface area contributed by atoms with Gasteiger partial charge in [-0.25, -0.2) is 0 Å². The summed E-state index contributed by atoms with van der Waals surface area (Å²) >= 11 is 0. The van der Waals surface area contributed by atoms with Gasteiger partial charge in [-0.3, -0.25) is 0 Å². The van der Waals surface area contributed by atoms with Gasteiger partial charge in [0.1, 0.15) is 6.61 Å². The third-order valence-corrected chi connectivity index (χ3v) is 4.62. The number of rotatable bonds is 26. The minimum Gasteiger partial charge on any atom is -0.415 e. The Hall–Kier alpha value is -0.583. The Balaban J connectivity index is 3.03. The van der Waals surface area contributed by atoms with Crippen LogP contribution in [0.25, 0.3) is 0 Å². The predicted octanol–water partition coefficient (Wildman–Crippen LogP) is 1.60. The van der Waals surface area contributed by atoms with E-state index in [1.165, 1.54) is 0 Å². The van der Waals surface area contributed by atoms with Gasteiger partial charge in [0, 0.05) is 0 Å². The maximum absolute atomic E-state index is 5.70. The van der Waals surface area contributed by atoms with E-state index in [1.807, 2.05) is 0 Å². The molecule has 0 rings (SSSR count). The Morgan fingerprint density at radius 3 is 0.938 bits per heavy atom. The van der Waals surface area contributed by atoms with Crippen LogP contribution in [0.5, 0.6) is 0 Å². The summed E-state index contributed by atoms with van der Waals surface area (Å²) in [5.41, 5.74) is 0. The maximum Gasteiger partial charge on any atom is 0.183 e. The van der Waals surface area contributed by atoms with Gasteiger partial charge >= 0.3 is 0 Å². The molecule has 0 fully saturated rings. The number of ether oxygens (including phenoxy) is 8. The zero-order chi connectivity index (χ0) is 23.6. The van der Waals surface area contributed by atoms with E-state index in [0.717, 1.165) is 0 Å². The fourth-order valence-corrected chi connectivity index (χ4v) is 2.77. The molecule has 0 aliphatic carbocycles. The van der Waals surface area contributed by atoms with E-state index in [0.29, 0.717) is 112 Å². The Morgan fingerprint density at radius 2 is 0.688 bits per heavy atom. The lowest BCUT2D eigenvalue weighted by molar-refractivity contribution is -0.0231. The third kappa shape index (κ3) is 29.4. The normalized spacial score (nSPS) is 11.7. The lowest BCUT2D eigenvalue weighted by Gasteiger charge is -2.16. The van der Waals surface area contributed by atoms with Crippen molar-refractivity contribution in [1.29, 1.82) is 0 Å². The zero-order valence-corrected chi connectivity index (χ0v) is 21.3. The van der Waals surface area contributed by atoms with Crippen molar-refractivity contribution in [2.45, 2.75) is 19.6 Å². The smallest absolute Gasteiger partial charge is 0.183 e. The molecule has 0 saturated heterocycles. The Labute approximate surface area is 195 Å². The second kappa shape index (κ2) is 25.0. The molecule has 0 aliphatic heterocycles. The molecule has 10 heteroatoms. The van der Waals surface area contributed by atoms with Crippen molar-refractivity contribution >= 4 is 8.32 Å². The molecule has 0 aromatic heterocycles. The molecule has 0 atom stereocenters. The first kappa shape index (κ1) is 31.4. The average molecular weight is 481 g/mol. The summed E-state index contributed by atoms with van der Waals surface area (Å²) in [4.78, 5) is 0. The highest BCUT2D eigenvalue weighted by atomic mass is 28.4. The third-order valence-electron chi connectivity index (χ3n) is 3.55. The van der Waals surface area contributed by atoms with E-state index in [2.05, 4.69) is 25.6 Å². The average Bonchev–Trinajstić information content (AvgIpc) is 2.75. The maximum atomic E-state index is 5.70. The van der Waals surface area contributed by atoms with Crippen LogP contribution in [-0.2, 0) is 42.3 Å². The molecule has 0 amide bonds. The molecular weight excluding hydrogens is 436 g/mol. The van der Waals surface area contributed by atoms with Crippen molar-refractivity contribution in [2.24, 2.45) is 0 Å². The molecule has 0 unspecified atom stereocenters. The van der Waals surface area contributed by atoms with Crippen LogP contribution in [0.15, 0.2) is 0 Å². The minimum absolute atomic E-state index is 0.315. The first-order valence-electron chi connectivity index (χ1n) is 11.3. The van der Waals surface area contributed by atoms with Crippen LogP contribution in [0, 0.1) is 12.3 Å². The monoisotopic (exact) mass is 480 g/mol. The van der Waals surface area contributed by atoms with E-state index in [1.54, 1.807) is 0 Å². The van der Waals surface area contributed by atoms with Crippen molar-refractivity contribution < 1.29 is 42.3 Å². The first-order valence-corrected chi connectivity index (χ1v) is 14.7. The number of hydrogen-bond acceptors (Lipinski definition) is 9. The molecule has 9 nitrogen and oxygen atoms in total. The molecule has 0 heterocycles. The van der Waals surface area contributed by atoms with Crippen molar-refractivity contribution in [3.63, 3.8) is 0 Å². The lowest BCUT2D eigenvalue weighted by Crippen LogP contribution is -2.27. The topological polar surface area (TPSA) is 83.1 Å². The van der Waals surface area contributed by atoms with Crippen LogP contribution >= 0.6 is 0 Å². The fraction of sp³-hybridized carbons (Fsp3) is 0.909. The quantitative estimate of drug-likeness (QED) is 0.104. The van der Waals surface area contributed by atoms with Crippen LogP contribution in [0.1, 0.15) is 0 Å². The summed E-state index contributed by atoms with van der Waals surface area (Å²) in [6.45, 7) is 15.5. The molecule has 190 valence electrons. The first-order chi connectivity index (χ1) is 15.6. The van der Waals surface area contributed by atoms with E-state index in [9.17, 15) is 0 Å². The molecule has 0 saturated carbocycles. The Kier molecular flexibility index (Phi) is 24.6. The van der Waals surface area contributed by atoms with Crippen molar-refractivity contribution in [2.75, 3.05) is 112 Å². The van der Waals surface area contributed by atoms with Crippen LogP contribution in [0.3, 0.4) is 0 Å². The zero-order valence-electron chi connectivity index (χ0n) is 20.3. The number of terminal acetylenes is 1. The molecule has 0 aliphatic rings. The fourth-order valence-electron chi connectivity index (χ4n) is 2.08. The van der Waals surface area contributed by atoms with Gasteiger partial charge in [-0.15, -0.1) is 6.42 Å². The summed E-state index contributed by atoms with van der Waals surface area (Å²) < 4.78 is 48.7. The van der Waals surface area contributed by atoms with E-state index in [-0.39, 0.29) is 0 Å². The van der Waals surface area contributed by atoms with Gasteiger partial charge in [0.25, 0.3) is 0 Å². The molecule has 0 radical (unpaired) electrons. The SMILES string of the molecule is C#CCOCCOCCOCCOCCOCCOCCOCCOCCO[Si](C)(C)C.